The Balaban J connectivity index is 0.000000510. The summed E-state index contributed by atoms with van der Waals surface area (Å²) in [4.78, 5) is 14.6. The Bertz CT molecular complexity index is 730. The molecule has 0 spiro atoms. The van der Waals surface area contributed by atoms with Crippen LogP contribution in [0.5, 0.6) is 5.88 Å². The SMILES string of the molecule is CC.CC.O=c1[nH]c2ccnn2c(O)c1-c1ccccc1. The summed E-state index contributed by atoms with van der Waals surface area (Å²) in [7, 11) is 0. The number of nitrogens with one attached hydrogen (secondary N) is 1. The lowest BCUT2D eigenvalue weighted by Gasteiger charge is -2.05. The van der Waals surface area contributed by atoms with Gasteiger partial charge in [-0.1, -0.05) is 58.0 Å². The lowest BCUT2D eigenvalue weighted by Crippen LogP contribution is -2.12. The fourth-order valence-corrected chi connectivity index (χ4v) is 1.82. The van der Waals surface area contributed by atoms with Crippen molar-refractivity contribution in [3.05, 3.63) is 52.9 Å². The third-order valence-corrected chi connectivity index (χ3v) is 2.60. The highest BCUT2D eigenvalue weighted by atomic mass is 16.3. The van der Waals surface area contributed by atoms with Crippen molar-refractivity contribution in [2.75, 3.05) is 0 Å². The van der Waals surface area contributed by atoms with Crippen LogP contribution < -0.4 is 5.56 Å². The fraction of sp³-hybridized carbons (Fsp3) is 0.250. The monoisotopic (exact) mass is 287 g/mol. The van der Waals surface area contributed by atoms with Gasteiger partial charge < -0.3 is 10.1 Å². The molecule has 0 amide bonds. The van der Waals surface area contributed by atoms with Crippen LogP contribution in [-0.2, 0) is 0 Å². The van der Waals surface area contributed by atoms with Crippen LogP contribution in [0, 0.1) is 0 Å². The van der Waals surface area contributed by atoms with Crippen LogP contribution >= 0.6 is 0 Å². The predicted molar refractivity (Wildman–Crippen MR) is 85.6 cm³/mol. The summed E-state index contributed by atoms with van der Waals surface area (Å²) in [6, 6.07) is 10.6. The quantitative estimate of drug-likeness (QED) is 0.720. The lowest BCUT2D eigenvalue weighted by atomic mass is 10.1. The molecule has 0 aliphatic heterocycles. The number of H-pyrrole nitrogens is 1. The topological polar surface area (TPSA) is 70.4 Å². The maximum absolute atomic E-state index is 11.9. The van der Waals surface area contributed by atoms with E-state index in [4.69, 9.17) is 0 Å². The molecule has 0 radical (unpaired) electrons. The Hall–Kier alpha value is -2.56. The van der Waals surface area contributed by atoms with Crippen molar-refractivity contribution in [2.45, 2.75) is 27.7 Å². The second-order valence-electron chi connectivity index (χ2n) is 3.65. The minimum atomic E-state index is -0.332. The molecular weight excluding hydrogens is 266 g/mol. The molecule has 0 fully saturated rings. The van der Waals surface area contributed by atoms with Crippen molar-refractivity contribution in [1.29, 1.82) is 0 Å². The van der Waals surface area contributed by atoms with Crippen LogP contribution in [0.25, 0.3) is 16.8 Å². The van der Waals surface area contributed by atoms with Crippen molar-refractivity contribution in [1.82, 2.24) is 14.6 Å². The van der Waals surface area contributed by atoms with Crippen LogP contribution in [0.3, 0.4) is 0 Å². The first-order chi connectivity index (χ1) is 10.3. The molecule has 0 saturated heterocycles. The van der Waals surface area contributed by atoms with Crippen molar-refractivity contribution in [3.8, 4) is 17.0 Å². The van der Waals surface area contributed by atoms with Crippen molar-refractivity contribution in [2.24, 2.45) is 0 Å². The zero-order chi connectivity index (χ0) is 15.8. The maximum atomic E-state index is 11.9. The molecule has 0 unspecified atom stereocenters. The minimum Gasteiger partial charge on any atom is -0.493 e. The predicted octanol–water partition coefficient (Wildman–Crippen LogP) is 3.45. The molecule has 2 N–H and O–H groups in total. The largest absolute Gasteiger partial charge is 0.493 e. The van der Waals surface area contributed by atoms with E-state index in [1.807, 2.05) is 45.9 Å². The van der Waals surface area contributed by atoms with Gasteiger partial charge in [0.1, 0.15) is 11.2 Å². The van der Waals surface area contributed by atoms with Gasteiger partial charge in [-0.15, -0.1) is 0 Å². The fourth-order valence-electron chi connectivity index (χ4n) is 1.82. The van der Waals surface area contributed by atoms with Gasteiger partial charge in [0.05, 0.1) is 6.20 Å². The smallest absolute Gasteiger partial charge is 0.262 e. The van der Waals surface area contributed by atoms with E-state index in [1.165, 1.54) is 10.7 Å². The summed E-state index contributed by atoms with van der Waals surface area (Å²) in [6.07, 6.45) is 1.51. The van der Waals surface area contributed by atoms with Crippen LogP contribution in [0.15, 0.2) is 47.4 Å². The Morgan fingerprint density at radius 2 is 1.67 bits per heavy atom. The van der Waals surface area contributed by atoms with E-state index in [0.717, 1.165) is 0 Å². The van der Waals surface area contributed by atoms with Gasteiger partial charge >= 0.3 is 0 Å². The number of rotatable bonds is 1. The number of fused-ring (bicyclic) bond motifs is 1. The summed E-state index contributed by atoms with van der Waals surface area (Å²) in [5.41, 5.74) is 1.01. The number of benzene rings is 1. The highest BCUT2D eigenvalue weighted by molar-refractivity contribution is 5.68. The van der Waals surface area contributed by atoms with Gasteiger partial charge in [-0.2, -0.15) is 9.61 Å². The van der Waals surface area contributed by atoms with Crippen LogP contribution in [0.4, 0.5) is 0 Å². The van der Waals surface area contributed by atoms with E-state index in [2.05, 4.69) is 10.1 Å². The van der Waals surface area contributed by atoms with E-state index < -0.39 is 0 Å². The molecule has 3 aromatic rings. The minimum absolute atomic E-state index is 0.153. The maximum Gasteiger partial charge on any atom is 0.262 e. The number of aromatic amines is 1. The zero-order valence-electron chi connectivity index (χ0n) is 12.8. The number of nitrogens with zero attached hydrogens (tertiary/aromatic N) is 2. The third kappa shape index (κ3) is 3.31. The second kappa shape index (κ2) is 7.89. The molecule has 2 heterocycles. The number of aromatic hydroxyl groups is 1. The first kappa shape index (κ1) is 16.5. The highest BCUT2D eigenvalue weighted by Crippen LogP contribution is 2.24. The van der Waals surface area contributed by atoms with Gasteiger partial charge in [-0.05, 0) is 5.56 Å². The summed E-state index contributed by atoms with van der Waals surface area (Å²) >= 11 is 0. The molecule has 1 aromatic carbocycles. The van der Waals surface area contributed by atoms with Crippen molar-refractivity contribution in [3.63, 3.8) is 0 Å². The van der Waals surface area contributed by atoms with E-state index in [0.29, 0.717) is 11.2 Å². The summed E-state index contributed by atoms with van der Waals surface area (Å²) in [6.45, 7) is 8.00. The summed E-state index contributed by atoms with van der Waals surface area (Å²) < 4.78 is 1.30. The molecule has 0 saturated carbocycles. The van der Waals surface area contributed by atoms with E-state index in [9.17, 15) is 9.90 Å². The molecule has 2 aromatic heterocycles. The van der Waals surface area contributed by atoms with Crippen LogP contribution in [0.2, 0.25) is 0 Å². The molecule has 5 nitrogen and oxygen atoms in total. The van der Waals surface area contributed by atoms with Crippen molar-refractivity contribution >= 4 is 5.65 Å². The Morgan fingerprint density at radius 1 is 1.05 bits per heavy atom. The molecule has 0 bridgehead atoms. The summed E-state index contributed by atoms with van der Waals surface area (Å²) in [5, 5.41) is 14.0. The van der Waals surface area contributed by atoms with Gasteiger partial charge in [-0.3, -0.25) is 4.79 Å². The average molecular weight is 287 g/mol. The molecule has 112 valence electrons. The molecule has 3 rings (SSSR count). The first-order valence-corrected chi connectivity index (χ1v) is 7.12. The number of aromatic nitrogens is 3. The molecule has 0 atom stereocenters. The van der Waals surface area contributed by atoms with Crippen molar-refractivity contribution < 1.29 is 5.11 Å². The van der Waals surface area contributed by atoms with E-state index >= 15 is 0 Å². The third-order valence-electron chi connectivity index (χ3n) is 2.60. The lowest BCUT2D eigenvalue weighted by molar-refractivity contribution is 0.437. The zero-order valence-corrected chi connectivity index (χ0v) is 12.8. The van der Waals surface area contributed by atoms with Gasteiger partial charge in [0, 0.05) is 6.07 Å². The Kier molecular flexibility index (Phi) is 6.20. The number of hydrogen-bond acceptors (Lipinski definition) is 3. The van der Waals surface area contributed by atoms with E-state index in [1.54, 1.807) is 18.2 Å². The Labute approximate surface area is 123 Å². The normalized spacial score (nSPS) is 9.33. The average Bonchev–Trinajstić information content (AvgIpc) is 3.01. The standard InChI is InChI=1S/C12H9N3O2.2C2H6/c16-11-10(8-4-2-1-3-5-8)12(17)15-9(14-11)6-7-13-15;2*1-2/h1-7,17H,(H,14,16);2*1-2H3. The van der Waals surface area contributed by atoms with Gasteiger partial charge in [-0.25, -0.2) is 0 Å². The Morgan fingerprint density at radius 3 is 2.29 bits per heavy atom. The molecule has 0 aliphatic rings. The second-order valence-corrected chi connectivity index (χ2v) is 3.65. The highest BCUT2D eigenvalue weighted by Gasteiger charge is 2.13. The molecular formula is C16H21N3O2. The summed E-state index contributed by atoms with van der Waals surface area (Å²) in [5.74, 6) is -0.153. The van der Waals surface area contributed by atoms with Gasteiger partial charge in [0.25, 0.3) is 5.56 Å². The van der Waals surface area contributed by atoms with Crippen LogP contribution in [0.1, 0.15) is 27.7 Å². The van der Waals surface area contributed by atoms with E-state index in [-0.39, 0.29) is 17.0 Å². The number of hydrogen-bond donors (Lipinski definition) is 2. The van der Waals surface area contributed by atoms with Gasteiger partial charge in [0.2, 0.25) is 5.88 Å². The van der Waals surface area contributed by atoms with Gasteiger partial charge in [0.15, 0.2) is 0 Å². The van der Waals surface area contributed by atoms with Crippen LogP contribution in [-0.4, -0.2) is 19.7 Å². The molecule has 21 heavy (non-hydrogen) atoms. The molecule has 0 aliphatic carbocycles. The molecule has 5 heteroatoms. The first-order valence-electron chi connectivity index (χ1n) is 7.12.